The maximum absolute atomic E-state index is 6.45. The number of aromatic amines is 1. The third-order valence-corrected chi connectivity index (χ3v) is 6.83. The number of halogens is 2. The van der Waals surface area contributed by atoms with Crippen LogP contribution in [0.2, 0.25) is 5.02 Å². The molecule has 2 aliphatic rings. The first-order valence-corrected chi connectivity index (χ1v) is 10.5. The van der Waals surface area contributed by atoms with Crippen LogP contribution < -0.4 is 10.6 Å². The number of fused-ring (bicyclic) bond motifs is 4. The second kappa shape index (κ2) is 7.41. The van der Waals surface area contributed by atoms with E-state index in [2.05, 4.69) is 37.8 Å². The number of nitrogens with zero attached hydrogens (tertiary/aromatic N) is 4. The number of rotatable bonds is 3. The summed E-state index contributed by atoms with van der Waals surface area (Å²) in [6.45, 7) is 2.80. The summed E-state index contributed by atoms with van der Waals surface area (Å²) in [6.07, 6.45) is 7.85. The summed E-state index contributed by atoms with van der Waals surface area (Å²) >= 11 is 6.45. The number of piperidine rings is 1. The van der Waals surface area contributed by atoms with Crippen molar-refractivity contribution in [2.45, 2.75) is 37.6 Å². The Morgan fingerprint density at radius 3 is 2.93 bits per heavy atom. The molecule has 0 bridgehead atoms. The third-order valence-electron chi connectivity index (χ3n) is 6.56. The van der Waals surface area contributed by atoms with E-state index >= 15 is 0 Å². The lowest BCUT2D eigenvalue weighted by Gasteiger charge is -2.34. The molecule has 7 nitrogen and oxygen atoms in total. The highest BCUT2D eigenvalue weighted by Gasteiger charge is 2.43. The zero-order valence-corrected chi connectivity index (χ0v) is 18.0. The Morgan fingerprint density at radius 2 is 2.07 bits per heavy atom. The van der Waals surface area contributed by atoms with E-state index in [1.165, 1.54) is 16.8 Å². The molecule has 1 aliphatic carbocycles. The van der Waals surface area contributed by atoms with Crippen LogP contribution in [0.1, 0.15) is 36.1 Å². The Kier molecular flexibility index (Phi) is 4.84. The fourth-order valence-electron chi connectivity index (χ4n) is 5.01. The average molecular weight is 444 g/mol. The predicted molar refractivity (Wildman–Crippen MR) is 121 cm³/mol. The molecule has 1 saturated heterocycles. The van der Waals surface area contributed by atoms with Crippen molar-refractivity contribution < 1.29 is 0 Å². The van der Waals surface area contributed by atoms with Gasteiger partial charge in [0.25, 0.3) is 0 Å². The summed E-state index contributed by atoms with van der Waals surface area (Å²) in [6, 6.07) is 6.29. The molecule has 156 valence electrons. The van der Waals surface area contributed by atoms with E-state index < -0.39 is 0 Å². The summed E-state index contributed by atoms with van der Waals surface area (Å²) in [7, 11) is 0. The standard InChI is InChI=1S/C21H22ClN7.ClH/c22-15-11-27-29-19(24-10-13-1-2-16-17(9-13)26-12-25-16)14-3-4-21(5-7-23-8-6-21)18(14)28-20(15)29;/h1-2,9,11-12,23-24H,3-8,10H2,(H,25,26);1H. The molecular formula is C21H23Cl2N7. The number of aromatic nitrogens is 5. The summed E-state index contributed by atoms with van der Waals surface area (Å²) in [5, 5.41) is 12.3. The quantitative estimate of drug-likeness (QED) is 0.447. The zero-order chi connectivity index (χ0) is 19.4. The molecule has 0 atom stereocenters. The van der Waals surface area contributed by atoms with E-state index in [1.807, 2.05) is 10.6 Å². The summed E-state index contributed by atoms with van der Waals surface area (Å²) < 4.78 is 1.87. The Labute approximate surface area is 185 Å². The van der Waals surface area contributed by atoms with Gasteiger partial charge in [-0.2, -0.15) is 9.61 Å². The average Bonchev–Trinajstić information content (AvgIpc) is 3.45. The van der Waals surface area contributed by atoms with Crippen molar-refractivity contribution in [1.29, 1.82) is 0 Å². The van der Waals surface area contributed by atoms with E-state index in [-0.39, 0.29) is 17.8 Å². The van der Waals surface area contributed by atoms with Crippen LogP contribution in [0.4, 0.5) is 5.82 Å². The van der Waals surface area contributed by atoms with E-state index in [1.54, 1.807) is 12.5 Å². The SMILES string of the molecule is Cl.Clc1cnn2c(NCc3ccc4nc[nH]c4c3)c3c(nc12)C1(CCNCC1)CC3. The van der Waals surface area contributed by atoms with Crippen LogP contribution >= 0.6 is 24.0 Å². The van der Waals surface area contributed by atoms with E-state index in [0.29, 0.717) is 11.6 Å². The Hall–Kier alpha value is -2.35. The molecule has 1 spiro atoms. The Balaban J connectivity index is 0.00000193. The van der Waals surface area contributed by atoms with Crippen LogP contribution in [-0.4, -0.2) is 37.7 Å². The van der Waals surface area contributed by atoms with Gasteiger partial charge in [-0.3, -0.25) is 0 Å². The molecule has 0 radical (unpaired) electrons. The summed E-state index contributed by atoms with van der Waals surface area (Å²) in [4.78, 5) is 12.5. The van der Waals surface area contributed by atoms with E-state index in [4.69, 9.17) is 16.6 Å². The minimum atomic E-state index is 0. The molecule has 3 aromatic heterocycles. The van der Waals surface area contributed by atoms with Crippen molar-refractivity contribution in [3.05, 3.63) is 52.6 Å². The second-order valence-corrected chi connectivity index (χ2v) is 8.56. The first-order valence-electron chi connectivity index (χ1n) is 10.2. The van der Waals surface area contributed by atoms with Crippen molar-refractivity contribution in [2.24, 2.45) is 0 Å². The molecule has 1 aliphatic heterocycles. The normalized spacial score (nSPS) is 17.4. The van der Waals surface area contributed by atoms with Gasteiger partial charge in [-0.15, -0.1) is 12.4 Å². The number of nitrogens with one attached hydrogen (secondary N) is 3. The molecule has 0 saturated carbocycles. The molecular weight excluding hydrogens is 421 g/mol. The molecule has 3 N–H and O–H groups in total. The molecule has 4 aromatic rings. The lowest BCUT2D eigenvalue weighted by molar-refractivity contribution is 0.301. The predicted octanol–water partition coefficient (Wildman–Crippen LogP) is 3.86. The minimum absolute atomic E-state index is 0. The number of H-pyrrole nitrogens is 1. The smallest absolute Gasteiger partial charge is 0.176 e. The maximum atomic E-state index is 6.45. The van der Waals surface area contributed by atoms with Gasteiger partial charge >= 0.3 is 0 Å². The molecule has 30 heavy (non-hydrogen) atoms. The molecule has 1 fully saturated rings. The molecule has 1 aromatic carbocycles. The van der Waals surface area contributed by atoms with Crippen molar-refractivity contribution >= 4 is 46.5 Å². The second-order valence-electron chi connectivity index (χ2n) is 8.15. The summed E-state index contributed by atoms with van der Waals surface area (Å²) in [5.41, 5.74) is 6.64. The fourth-order valence-corrected chi connectivity index (χ4v) is 5.18. The number of anilines is 1. The van der Waals surface area contributed by atoms with Crippen molar-refractivity contribution in [2.75, 3.05) is 18.4 Å². The van der Waals surface area contributed by atoms with Gasteiger partial charge in [-0.25, -0.2) is 9.97 Å². The molecule has 0 amide bonds. The largest absolute Gasteiger partial charge is 0.366 e. The lowest BCUT2D eigenvalue weighted by Crippen LogP contribution is -2.39. The molecule has 9 heteroatoms. The number of imidazole rings is 1. The van der Waals surface area contributed by atoms with Gasteiger partial charge in [0, 0.05) is 17.5 Å². The van der Waals surface area contributed by atoms with E-state index in [9.17, 15) is 0 Å². The zero-order valence-electron chi connectivity index (χ0n) is 16.4. The highest BCUT2D eigenvalue weighted by molar-refractivity contribution is 6.33. The van der Waals surface area contributed by atoms with Crippen molar-refractivity contribution in [3.8, 4) is 0 Å². The fraction of sp³-hybridized carbons (Fsp3) is 0.381. The molecule has 4 heterocycles. The van der Waals surface area contributed by atoms with Crippen molar-refractivity contribution in [1.82, 2.24) is 29.9 Å². The van der Waals surface area contributed by atoms with Gasteiger partial charge in [0.15, 0.2) is 5.65 Å². The monoisotopic (exact) mass is 443 g/mol. The molecule has 6 rings (SSSR count). The third kappa shape index (κ3) is 2.95. The van der Waals surface area contributed by atoms with Crippen LogP contribution in [0.3, 0.4) is 0 Å². The van der Waals surface area contributed by atoms with Gasteiger partial charge < -0.3 is 15.6 Å². The first-order chi connectivity index (χ1) is 14.2. The van der Waals surface area contributed by atoms with Crippen LogP contribution in [0.15, 0.2) is 30.7 Å². The topological polar surface area (TPSA) is 82.9 Å². The maximum Gasteiger partial charge on any atom is 0.176 e. The van der Waals surface area contributed by atoms with Crippen LogP contribution in [0.5, 0.6) is 0 Å². The number of hydrogen-bond acceptors (Lipinski definition) is 5. The number of hydrogen-bond donors (Lipinski definition) is 3. The van der Waals surface area contributed by atoms with Crippen molar-refractivity contribution in [3.63, 3.8) is 0 Å². The van der Waals surface area contributed by atoms with Gasteiger partial charge in [-0.1, -0.05) is 17.7 Å². The van der Waals surface area contributed by atoms with Gasteiger partial charge in [0.2, 0.25) is 0 Å². The minimum Gasteiger partial charge on any atom is -0.366 e. The highest BCUT2D eigenvalue weighted by atomic mass is 35.5. The van der Waals surface area contributed by atoms with Crippen LogP contribution in [0.25, 0.3) is 16.7 Å². The van der Waals surface area contributed by atoms with E-state index in [0.717, 1.165) is 61.3 Å². The number of benzene rings is 1. The van der Waals surface area contributed by atoms with Gasteiger partial charge in [-0.05, 0) is 56.5 Å². The molecule has 0 unspecified atom stereocenters. The Morgan fingerprint density at radius 1 is 1.20 bits per heavy atom. The lowest BCUT2D eigenvalue weighted by atomic mass is 9.77. The van der Waals surface area contributed by atoms with Crippen LogP contribution in [0, 0.1) is 0 Å². The summed E-state index contributed by atoms with van der Waals surface area (Å²) in [5.74, 6) is 1.03. The van der Waals surface area contributed by atoms with Gasteiger partial charge in [0.1, 0.15) is 10.8 Å². The Bertz CT molecular complexity index is 1220. The van der Waals surface area contributed by atoms with Crippen LogP contribution in [-0.2, 0) is 18.4 Å². The first kappa shape index (κ1) is 19.6. The highest BCUT2D eigenvalue weighted by Crippen LogP contribution is 2.46. The van der Waals surface area contributed by atoms with Gasteiger partial charge in [0.05, 0.1) is 29.3 Å².